The number of carbonyl (C=O) groups is 5. The van der Waals surface area contributed by atoms with Gasteiger partial charge in [0.2, 0.25) is 5.91 Å². The van der Waals surface area contributed by atoms with Crippen molar-refractivity contribution < 1.29 is 47.7 Å². The molecule has 0 aromatic heterocycles. The largest absolute Gasteiger partial charge is 0.463 e. The van der Waals surface area contributed by atoms with Crippen LogP contribution in [0.4, 0.5) is 0 Å². The molecule has 1 rings (SSSR count). The molecule has 0 aliphatic carbocycles. The number of esters is 4. The second-order valence-electron chi connectivity index (χ2n) is 5.82. The van der Waals surface area contributed by atoms with Crippen molar-refractivity contribution in [3.63, 3.8) is 0 Å². The van der Waals surface area contributed by atoms with E-state index in [2.05, 4.69) is 5.32 Å². The Bertz CT molecular complexity index is 604. The lowest BCUT2D eigenvalue weighted by Gasteiger charge is -2.44. The van der Waals surface area contributed by atoms with Crippen LogP contribution in [0.25, 0.3) is 0 Å². The van der Waals surface area contributed by atoms with Crippen LogP contribution in [0.1, 0.15) is 34.6 Å². The predicted molar refractivity (Wildman–Crippen MR) is 85.8 cm³/mol. The van der Waals surface area contributed by atoms with Gasteiger partial charge in [-0.15, -0.1) is 0 Å². The smallest absolute Gasteiger partial charge is 0.303 e. The van der Waals surface area contributed by atoms with Crippen LogP contribution >= 0.6 is 0 Å². The quantitative estimate of drug-likeness (QED) is 0.453. The standard InChI is InChI=1S/C16H23NO10/c1-7(18)17-16-15(26-11(5)22)14(25-10(4)21)13(24-9(3)20)12(27-16)6-23-8(2)19/h12-16H,6H2,1-5H3,(H,17,18)/t12?,13-,14-,15?,16+/m0/s1. The number of amides is 1. The maximum absolute atomic E-state index is 11.6. The van der Waals surface area contributed by atoms with Crippen molar-refractivity contribution in [2.45, 2.75) is 65.3 Å². The summed E-state index contributed by atoms with van der Waals surface area (Å²) in [5.41, 5.74) is 0. The van der Waals surface area contributed by atoms with Crippen LogP contribution in [-0.4, -0.2) is 67.0 Å². The van der Waals surface area contributed by atoms with Crippen LogP contribution < -0.4 is 5.32 Å². The van der Waals surface area contributed by atoms with Gasteiger partial charge in [0.15, 0.2) is 24.5 Å². The van der Waals surface area contributed by atoms with E-state index < -0.39 is 60.4 Å². The van der Waals surface area contributed by atoms with Gasteiger partial charge in [0.25, 0.3) is 0 Å². The van der Waals surface area contributed by atoms with Gasteiger partial charge in [0.05, 0.1) is 0 Å². The van der Waals surface area contributed by atoms with E-state index in [1.165, 1.54) is 13.8 Å². The first-order chi connectivity index (χ1) is 12.5. The molecule has 2 unspecified atom stereocenters. The molecule has 11 nitrogen and oxygen atoms in total. The molecule has 1 amide bonds. The molecule has 5 atom stereocenters. The van der Waals surface area contributed by atoms with E-state index >= 15 is 0 Å². The topological polar surface area (TPSA) is 144 Å². The Morgan fingerprint density at radius 3 is 1.67 bits per heavy atom. The van der Waals surface area contributed by atoms with E-state index in [4.69, 9.17) is 23.7 Å². The van der Waals surface area contributed by atoms with Gasteiger partial charge in [-0.25, -0.2) is 0 Å². The molecule has 0 saturated carbocycles. The molecule has 0 radical (unpaired) electrons. The van der Waals surface area contributed by atoms with Crippen molar-refractivity contribution in [1.29, 1.82) is 0 Å². The molecule has 1 saturated heterocycles. The van der Waals surface area contributed by atoms with Gasteiger partial charge in [-0.3, -0.25) is 24.0 Å². The molecular weight excluding hydrogens is 366 g/mol. The summed E-state index contributed by atoms with van der Waals surface area (Å²) in [5.74, 6) is -3.36. The third kappa shape index (κ3) is 7.21. The highest BCUT2D eigenvalue weighted by Crippen LogP contribution is 2.28. The Morgan fingerprint density at radius 2 is 1.22 bits per heavy atom. The molecule has 0 aromatic rings. The second kappa shape index (κ2) is 9.86. The van der Waals surface area contributed by atoms with Gasteiger partial charge in [-0.1, -0.05) is 0 Å². The van der Waals surface area contributed by atoms with Crippen LogP contribution in [0.2, 0.25) is 0 Å². The average Bonchev–Trinajstić information content (AvgIpc) is 2.49. The number of ether oxygens (including phenoxy) is 5. The normalized spacial score (nSPS) is 27.1. The fourth-order valence-corrected chi connectivity index (χ4v) is 2.54. The monoisotopic (exact) mass is 389 g/mol. The molecule has 1 heterocycles. The minimum absolute atomic E-state index is 0.353. The number of rotatable bonds is 6. The van der Waals surface area contributed by atoms with Gasteiger partial charge in [-0.2, -0.15) is 0 Å². The molecule has 11 heteroatoms. The first-order valence-electron chi connectivity index (χ1n) is 8.08. The SMILES string of the molecule is CC(=O)N[C@@H]1OC(COC(C)=O)[C@H](OC(C)=O)[C@H](OC(C)=O)C1OC(C)=O. The van der Waals surface area contributed by atoms with Crippen molar-refractivity contribution in [3.8, 4) is 0 Å². The Morgan fingerprint density at radius 1 is 0.741 bits per heavy atom. The third-order valence-electron chi connectivity index (χ3n) is 3.34. The molecule has 0 aromatic carbocycles. The summed E-state index contributed by atoms with van der Waals surface area (Å²) >= 11 is 0. The van der Waals surface area contributed by atoms with E-state index in [0.717, 1.165) is 20.8 Å². The fourth-order valence-electron chi connectivity index (χ4n) is 2.54. The van der Waals surface area contributed by atoms with E-state index in [9.17, 15) is 24.0 Å². The molecular formula is C16H23NO10. The lowest BCUT2D eigenvalue weighted by atomic mass is 9.97. The average molecular weight is 389 g/mol. The zero-order valence-electron chi connectivity index (χ0n) is 15.7. The summed E-state index contributed by atoms with van der Waals surface area (Å²) in [6.45, 7) is 5.36. The zero-order valence-corrected chi connectivity index (χ0v) is 15.7. The van der Waals surface area contributed by atoms with Crippen LogP contribution in [0.5, 0.6) is 0 Å². The Balaban J connectivity index is 3.29. The van der Waals surface area contributed by atoms with Crippen LogP contribution in [0.3, 0.4) is 0 Å². The number of nitrogens with one attached hydrogen (secondary N) is 1. The Kier molecular flexibility index (Phi) is 8.16. The number of hydrogen-bond acceptors (Lipinski definition) is 10. The zero-order chi connectivity index (χ0) is 20.7. The van der Waals surface area contributed by atoms with Crippen molar-refractivity contribution in [1.82, 2.24) is 5.32 Å². The number of carbonyl (C=O) groups excluding carboxylic acids is 5. The van der Waals surface area contributed by atoms with Crippen molar-refractivity contribution in [2.75, 3.05) is 6.61 Å². The van der Waals surface area contributed by atoms with E-state index in [1.807, 2.05) is 0 Å². The summed E-state index contributed by atoms with van der Waals surface area (Å²) in [6, 6.07) is 0. The second-order valence-corrected chi connectivity index (χ2v) is 5.82. The maximum Gasteiger partial charge on any atom is 0.303 e. The molecule has 27 heavy (non-hydrogen) atoms. The van der Waals surface area contributed by atoms with Crippen molar-refractivity contribution >= 4 is 29.8 Å². The third-order valence-corrected chi connectivity index (χ3v) is 3.34. The van der Waals surface area contributed by atoms with Crippen LogP contribution in [0, 0.1) is 0 Å². The molecule has 152 valence electrons. The first kappa shape index (κ1) is 22.4. The summed E-state index contributed by atoms with van der Waals surface area (Å²) in [4.78, 5) is 57.2. The van der Waals surface area contributed by atoms with Crippen molar-refractivity contribution in [2.24, 2.45) is 0 Å². The highest BCUT2D eigenvalue weighted by Gasteiger charge is 2.52. The number of hydrogen-bond donors (Lipinski definition) is 1. The fraction of sp³-hybridized carbons (Fsp3) is 0.688. The lowest BCUT2D eigenvalue weighted by Crippen LogP contribution is -2.66. The summed E-state index contributed by atoms with van der Waals surface area (Å²) in [6.07, 6.45) is -6.18. The molecule has 0 spiro atoms. The molecule has 1 aliphatic rings. The summed E-state index contributed by atoms with van der Waals surface area (Å²) in [7, 11) is 0. The highest BCUT2D eigenvalue weighted by molar-refractivity contribution is 5.73. The summed E-state index contributed by atoms with van der Waals surface area (Å²) < 4.78 is 26.1. The minimum Gasteiger partial charge on any atom is -0.463 e. The van der Waals surface area contributed by atoms with Gasteiger partial charge in [0.1, 0.15) is 12.7 Å². The van der Waals surface area contributed by atoms with E-state index in [1.54, 1.807) is 0 Å². The molecule has 1 aliphatic heterocycles. The first-order valence-corrected chi connectivity index (χ1v) is 8.08. The van der Waals surface area contributed by atoms with Gasteiger partial charge in [0, 0.05) is 34.6 Å². The summed E-state index contributed by atoms with van der Waals surface area (Å²) in [5, 5.41) is 2.42. The molecule has 1 N–H and O–H groups in total. The minimum atomic E-state index is -1.30. The Hall–Kier alpha value is -2.69. The van der Waals surface area contributed by atoms with Crippen molar-refractivity contribution in [3.05, 3.63) is 0 Å². The van der Waals surface area contributed by atoms with Crippen LogP contribution in [0.15, 0.2) is 0 Å². The highest BCUT2D eigenvalue weighted by atomic mass is 16.7. The van der Waals surface area contributed by atoms with Gasteiger partial charge in [-0.05, 0) is 0 Å². The lowest BCUT2D eigenvalue weighted by molar-refractivity contribution is -0.256. The maximum atomic E-state index is 11.6. The predicted octanol–water partition coefficient (Wildman–Crippen LogP) is -0.794. The van der Waals surface area contributed by atoms with Crippen LogP contribution in [-0.2, 0) is 47.7 Å². The van der Waals surface area contributed by atoms with Gasteiger partial charge >= 0.3 is 23.9 Å². The van der Waals surface area contributed by atoms with E-state index in [-0.39, 0.29) is 6.61 Å². The Labute approximate surface area is 155 Å². The molecule has 1 fully saturated rings. The van der Waals surface area contributed by atoms with E-state index in [0.29, 0.717) is 0 Å². The van der Waals surface area contributed by atoms with Gasteiger partial charge < -0.3 is 29.0 Å². The molecule has 0 bridgehead atoms.